The summed E-state index contributed by atoms with van der Waals surface area (Å²) in [6.45, 7) is 8.33. The molecular formula is C19H21N9. The first-order valence-corrected chi connectivity index (χ1v) is 8.84. The molecule has 0 fully saturated rings. The molecule has 0 aromatic heterocycles. The summed E-state index contributed by atoms with van der Waals surface area (Å²) >= 11 is 0. The molecule has 2 rings (SSSR count). The second-order valence-electron chi connectivity index (χ2n) is 6.97. The van der Waals surface area contributed by atoms with E-state index in [1.54, 1.807) is 12.1 Å². The van der Waals surface area contributed by atoms with Gasteiger partial charge in [-0.2, -0.15) is 0 Å². The van der Waals surface area contributed by atoms with Gasteiger partial charge in [0.05, 0.1) is 6.54 Å². The molecule has 9 heteroatoms. The highest BCUT2D eigenvalue weighted by Crippen LogP contribution is 2.39. The lowest BCUT2D eigenvalue weighted by molar-refractivity contribution is 0.834. The van der Waals surface area contributed by atoms with Crippen molar-refractivity contribution in [2.45, 2.75) is 46.1 Å². The molecule has 0 atom stereocenters. The van der Waals surface area contributed by atoms with E-state index >= 15 is 0 Å². The van der Waals surface area contributed by atoms with Gasteiger partial charge in [-0.25, -0.2) is 0 Å². The van der Waals surface area contributed by atoms with Crippen molar-refractivity contribution in [1.82, 2.24) is 0 Å². The number of nitrogens with zero attached hydrogens (tertiary/aromatic N) is 9. The van der Waals surface area contributed by atoms with Crippen molar-refractivity contribution < 1.29 is 0 Å². The van der Waals surface area contributed by atoms with Gasteiger partial charge in [0.15, 0.2) is 0 Å². The summed E-state index contributed by atoms with van der Waals surface area (Å²) in [6, 6.07) is 9.37. The highest BCUT2D eigenvalue weighted by molar-refractivity contribution is 5.74. The van der Waals surface area contributed by atoms with Crippen molar-refractivity contribution >= 4 is 11.4 Å². The first kappa shape index (κ1) is 20.7. The number of hydrogen-bond acceptors (Lipinski definition) is 3. The van der Waals surface area contributed by atoms with Crippen molar-refractivity contribution in [2.75, 3.05) is 0 Å². The van der Waals surface area contributed by atoms with Crippen LogP contribution in [0.15, 0.2) is 45.7 Å². The average Bonchev–Trinajstić information content (AvgIpc) is 2.66. The SMILES string of the molecule is CC(C)c1cc(-c2cc(CN=[N+]=[N-])cc(N=[N+]=[N-])c2)cc(C(C)C)c1N=[N+]=[N-]. The summed E-state index contributed by atoms with van der Waals surface area (Å²) in [4.78, 5) is 8.65. The molecule has 0 aliphatic heterocycles. The number of benzene rings is 2. The maximum atomic E-state index is 9.00. The lowest BCUT2D eigenvalue weighted by atomic mass is 9.88. The second kappa shape index (κ2) is 9.35. The summed E-state index contributed by atoms with van der Waals surface area (Å²) in [5, 5.41) is 11.2. The highest BCUT2D eigenvalue weighted by atomic mass is 15.1. The van der Waals surface area contributed by atoms with E-state index in [1.807, 2.05) is 45.9 Å². The highest BCUT2D eigenvalue weighted by Gasteiger charge is 2.16. The van der Waals surface area contributed by atoms with Gasteiger partial charge < -0.3 is 0 Å². The molecule has 0 heterocycles. The quantitative estimate of drug-likeness (QED) is 0.260. The van der Waals surface area contributed by atoms with Gasteiger partial charge in [0.1, 0.15) is 0 Å². The van der Waals surface area contributed by atoms with Crippen LogP contribution in [0.3, 0.4) is 0 Å². The van der Waals surface area contributed by atoms with Gasteiger partial charge in [-0.05, 0) is 68.4 Å². The van der Waals surface area contributed by atoms with E-state index in [9.17, 15) is 0 Å². The first-order valence-electron chi connectivity index (χ1n) is 8.84. The van der Waals surface area contributed by atoms with Crippen LogP contribution < -0.4 is 0 Å². The maximum absolute atomic E-state index is 9.00. The normalized spacial score (nSPS) is 10.2. The van der Waals surface area contributed by atoms with Crippen LogP contribution in [-0.4, -0.2) is 0 Å². The zero-order chi connectivity index (χ0) is 20.7. The van der Waals surface area contributed by atoms with Gasteiger partial charge in [0.2, 0.25) is 0 Å². The minimum Gasteiger partial charge on any atom is -0.0893 e. The van der Waals surface area contributed by atoms with Crippen molar-refractivity contribution in [3.8, 4) is 11.1 Å². The molecule has 2 aromatic carbocycles. The zero-order valence-corrected chi connectivity index (χ0v) is 16.3. The molecule has 0 radical (unpaired) electrons. The Morgan fingerprint density at radius 2 is 1.32 bits per heavy atom. The molecule has 0 amide bonds. The molecule has 0 N–H and O–H groups in total. The fourth-order valence-corrected chi connectivity index (χ4v) is 3.04. The molecule has 28 heavy (non-hydrogen) atoms. The van der Waals surface area contributed by atoms with Gasteiger partial charge in [-0.1, -0.05) is 61.2 Å². The second-order valence-corrected chi connectivity index (χ2v) is 6.97. The van der Waals surface area contributed by atoms with Crippen LogP contribution in [0, 0.1) is 0 Å². The van der Waals surface area contributed by atoms with Crippen LogP contribution in [0.2, 0.25) is 0 Å². The summed E-state index contributed by atoms with van der Waals surface area (Å²) in [5.41, 5.74) is 31.9. The Hall–Kier alpha value is -3.63. The van der Waals surface area contributed by atoms with Crippen LogP contribution in [0.25, 0.3) is 42.5 Å². The molecule has 0 saturated heterocycles. The van der Waals surface area contributed by atoms with Crippen LogP contribution >= 0.6 is 0 Å². The molecule has 142 valence electrons. The summed E-state index contributed by atoms with van der Waals surface area (Å²) in [6.07, 6.45) is 0. The molecule has 0 aliphatic rings. The van der Waals surface area contributed by atoms with Gasteiger partial charge in [-0.3, -0.25) is 0 Å². The zero-order valence-electron chi connectivity index (χ0n) is 16.3. The molecule has 2 aromatic rings. The third-order valence-electron chi connectivity index (χ3n) is 4.35. The third-order valence-corrected chi connectivity index (χ3v) is 4.35. The van der Waals surface area contributed by atoms with Gasteiger partial charge >= 0.3 is 0 Å². The Bertz CT molecular complexity index is 991. The Kier molecular flexibility index (Phi) is 6.90. The summed E-state index contributed by atoms with van der Waals surface area (Å²) in [7, 11) is 0. The summed E-state index contributed by atoms with van der Waals surface area (Å²) < 4.78 is 0. The largest absolute Gasteiger partial charge is 0.0893 e. The fraction of sp³-hybridized carbons (Fsp3) is 0.368. The standard InChI is InChI=1S/C19H21N9/c1-11(2)17-8-15(9-18(12(3)4)19(17)25-28-22)14-5-13(10-23-26-20)6-16(7-14)24-27-21/h5-9,11-12H,10H2,1-4H3. The number of azide groups is 3. The molecule has 0 unspecified atom stereocenters. The van der Waals surface area contributed by atoms with Crippen LogP contribution in [-0.2, 0) is 6.54 Å². The Morgan fingerprint density at radius 3 is 1.82 bits per heavy atom. The van der Waals surface area contributed by atoms with E-state index in [2.05, 4.69) is 30.1 Å². The topological polar surface area (TPSA) is 146 Å². The number of hydrogen-bond donors (Lipinski definition) is 0. The lowest BCUT2D eigenvalue weighted by Gasteiger charge is -2.19. The Balaban J connectivity index is 2.79. The third kappa shape index (κ3) is 4.75. The monoisotopic (exact) mass is 375 g/mol. The Morgan fingerprint density at radius 1 is 0.750 bits per heavy atom. The molecule has 0 bridgehead atoms. The van der Waals surface area contributed by atoms with Crippen LogP contribution in [0.4, 0.5) is 11.4 Å². The molecule has 9 nitrogen and oxygen atoms in total. The lowest BCUT2D eigenvalue weighted by Crippen LogP contribution is -1.97. The predicted molar refractivity (Wildman–Crippen MR) is 111 cm³/mol. The molecular weight excluding hydrogens is 354 g/mol. The fourth-order valence-electron chi connectivity index (χ4n) is 3.04. The van der Waals surface area contributed by atoms with Gasteiger partial charge in [-0.15, -0.1) is 0 Å². The first-order chi connectivity index (χ1) is 13.4. The van der Waals surface area contributed by atoms with Gasteiger partial charge in [0, 0.05) is 26.1 Å². The molecule has 0 spiro atoms. The predicted octanol–water partition coefficient (Wildman–Crippen LogP) is 8.29. The van der Waals surface area contributed by atoms with Crippen molar-refractivity contribution in [1.29, 1.82) is 0 Å². The van der Waals surface area contributed by atoms with Crippen molar-refractivity contribution in [2.24, 2.45) is 15.3 Å². The minimum absolute atomic E-state index is 0.154. The van der Waals surface area contributed by atoms with E-state index in [0.29, 0.717) is 11.4 Å². The Labute approximate surface area is 162 Å². The average molecular weight is 375 g/mol. The van der Waals surface area contributed by atoms with E-state index in [-0.39, 0.29) is 18.4 Å². The van der Waals surface area contributed by atoms with E-state index < -0.39 is 0 Å². The van der Waals surface area contributed by atoms with E-state index in [1.165, 1.54) is 0 Å². The van der Waals surface area contributed by atoms with Crippen LogP contribution in [0.1, 0.15) is 56.2 Å². The summed E-state index contributed by atoms with van der Waals surface area (Å²) in [5.74, 6) is 0.307. The van der Waals surface area contributed by atoms with Gasteiger partial charge in [0.25, 0.3) is 0 Å². The maximum Gasteiger partial charge on any atom is 0.0511 e. The van der Waals surface area contributed by atoms with E-state index in [0.717, 1.165) is 27.8 Å². The van der Waals surface area contributed by atoms with Crippen LogP contribution in [0.5, 0.6) is 0 Å². The van der Waals surface area contributed by atoms with Crippen molar-refractivity contribution in [3.05, 3.63) is 78.4 Å². The smallest absolute Gasteiger partial charge is 0.0511 e. The minimum atomic E-state index is 0.154. The molecule has 0 saturated carbocycles. The number of rotatable bonds is 7. The van der Waals surface area contributed by atoms with Crippen molar-refractivity contribution in [3.63, 3.8) is 0 Å². The molecule has 0 aliphatic carbocycles. The van der Waals surface area contributed by atoms with E-state index in [4.69, 9.17) is 16.6 Å².